The molecular formula is C18H42N2O7Si2. The molecule has 0 fully saturated rings. The number of hydrogen-bond donors (Lipinski definition) is 0. The van der Waals surface area contributed by atoms with E-state index in [1.165, 1.54) is 0 Å². The molecule has 0 bridgehead atoms. The van der Waals surface area contributed by atoms with Crippen LogP contribution < -0.4 is 0 Å². The molecule has 0 aliphatic rings. The van der Waals surface area contributed by atoms with Crippen LogP contribution in [-0.4, -0.2) is 109 Å². The predicted octanol–water partition coefficient (Wildman–Crippen LogP) is 1.69. The van der Waals surface area contributed by atoms with E-state index in [2.05, 4.69) is 4.90 Å². The molecule has 0 unspecified atom stereocenters. The van der Waals surface area contributed by atoms with Crippen LogP contribution in [0.25, 0.3) is 0 Å². The molecule has 29 heavy (non-hydrogen) atoms. The van der Waals surface area contributed by atoms with Crippen molar-refractivity contribution in [3.63, 3.8) is 0 Å². The Kier molecular flexibility index (Phi) is 15.2. The summed E-state index contributed by atoms with van der Waals surface area (Å²) in [5.74, 6) is 0.0867. The Morgan fingerprint density at radius 1 is 0.655 bits per heavy atom. The van der Waals surface area contributed by atoms with Crippen molar-refractivity contribution in [2.75, 3.05) is 75.9 Å². The highest BCUT2D eigenvalue weighted by molar-refractivity contribution is 6.60. The van der Waals surface area contributed by atoms with Crippen molar-refractivity contribution < 1.29 is 31.4 Å². The van der Waals surface area contributed by atoms with Gasteiger partial charge in [-0.1, -0.05) is 0 Å². The third kappa shape index (κ3) is 10.5. The van der Waals surface area contributed by atoms with Gasteiger partial charge in [-0.3, -0.25) is 4.79 Å². The number of rotatable bonds is 18. The zero-order valence-corrected chi connectivity index (χ0v) is 21.6. The zero-order valence-electron chi connectivity index (χ0n) is 19.6. The van der Waals surface area contributed by atoms with Crippen LogP contribution in [-0.2, 0) is 31.4 Å². The first-order chi connectivity index (χ1) is 13.8. The molecule has 0 aliphatic heterocycles. The molecule has 1 amide bonds. The molecule has 0 heterocycles. The Morgan fingerprint density at radius 3 is 1.31 bits per heavy atom. The number of nitrogens with zero attached hydrogens (tertiary/aromatic N) is 2. The van der Waals surface area contributed by atoms with E-state index in [9.17, 15) is 4.79 Å². The summed E-state index contributed by atoms with van der Waals surface area (Å²) in [5.41, 5.74) is 0. The molecule has 0 spiro atoms. The average Bonchev–Trinajstić information content (AvgIpc) is 2.74. The van der Waals surface area contributed by atoms with Crippen molar-refractivity contribution in [2.45, 2.75) is 38.3 Å². The minimum atomic E-state index is -2.56. The molecule has 0 aromatic heterocycles. The Morgan fingerprint density at radius 2 is 1.00 bits per heavy atom. The van der Waals surface area contributed by atoms with Crippen molar-refractivity contribution in [1.29, 1.82) is 0 Å². The fraction of sp³-hybridized carbons (Fsp3) is 0.944. The monoisotopic (exact) mass is 454 g/mol. The highest BCUT2D eigenvalue weighted by Gasteiger charge is 2.38. The number of amides is 1. The Bertz CT molecular complexity index is 396. The Balaban J connectivity index is 4.72. The second-order valence-electron chi connectivity index (χ2n) is 6.93. The molecule has 0 aliphatic carbocycles. The lowest BCUT2D eigenvalue weighted by atomic mass is 10.3. The maximum Gasteiger partial charge on any atom is 0.500 e. The van der Waals surface area contributed by atoms with E-state index < -0.39 is 17.6 Å². The summed E-state index contributed by atoms with van der Waals surface area (Å²) in [6, 6.07) is 1.51. The summed E-state index contributed by atoms with van der Waals surface area (Å²) in [6.45, 7) is 5.03. The van der Waals surface area contributed by atoms with Crippen molar-refractivity contribution in [2.24, 2.45) is 0 Å². The maximum atomic E-state index is 11.4. The van der Waals surface area contributed by atoms with Gasteiger partial charge in [-0.2, -0.15) is 0 Å². The van der Waals surface area contributed by atoms with E-state index in [-0.39, 0.29) is 5.91 Å². The van der Waals surface area contributed by atoms with Gasteiger partial charge in [0.25, 0.3) is 0 Å². The van der Waals surface area contributed by atoms with Crippen LogP contribution >= 0.6 is 0 Å². The molecule has 0 radical (unpaired) electrons. The SMILES string of the molecule is CO[Si](CCCN(CCCN(C)C(C)=O)CCC[Si](OC)(OC)OC)(OC)OC. The molecule has 0 aromatic rings. The van der Waals surface area contributed by atoms with Crippen LogP contribution in [0.2, 0.25) is 12.1 Å². The van der Waals surface area contributed by atoms with Gasteiger partial charge < -0.3 is 36.4 Å². The van der Waals surface area contributed by atoms with Gasteiger partial charge in [0, 0.05) is 75.3 Å². The van der Waals surface area contributed by atoms with E-state index >= 15 is 0 Å². The van der Waals surface area contributed by atoms with E-state index in [0.717, 1.165) is 57.5 Å². The van der Waals surface area contributed by atoms with Crippen molar-refractivity contribution in [3.8, 4) is 0 Å². The van der Waals surface area contributed by atoms with Gasteiger partial charge >= 0.3 is 17.6 Å². The van der Waals surface area contributed by atoms with Gasteiger partial charge in [-0.25, -0.2) is 0 Å². The molecular weight excluding hydrogens is 412 g/mol. The average molecular weight is 455 g/mol. The van der Waals surface area contributed by atoms with Crippen molar-refractivity contribution in [1.82, 2.24) is 9.80 Å². The van der Waals surface area contributed by atoms with E-state index in [1.807, 2.05) is 7.05 Å². The fourth-order valence-electron chi connectivity index (χ4n) is 3.18. The smallest absolute Gasteiger partial charge is 0.377 e. The second kappa shape index (κ2) is 15.4. The standard InChI is InChI=1S/C18H42N2O7Si2/c1-18(21)19(2)12-9-13-20(14-10-16-28(22-3,23-4)24-5)15-11-17-29(25-6,26-7)27-8/h9-17H2,1-8H3. The van der Waals surface area contributed by atoms with Crippen LogP contribution in [0, 0.1) is 0 Å². The summed E-state index contributed by atoms with van der Waals surface area (Å²) in [6.07, 6.45) is 2.73. The third-order valence-electron chi connectivity index (χ3n) is 5.29. The molecule has 9 nitrogen and oxygen atoms in total. The maximum absolute atomic E-state index is 11.4. The zero-order chi connectivity index (χ0) is 22.3. The first-order valence-corrected chi connectivity index (χ1v) is 13.9. The fourth-order valence-corrected chi connectivity index (χ4v) is 6.58. The van der Waals surface area contributed by atoms with Crippen LogP contribution in [0.5, 0.6) is 0 Å². The van der Waals surface area contributed by atoms with Crippen LogP contribution in [0.15, 0.2) is 0 Å². The Labute approximate surface area is 179 Å². The van der Waals surface area contributed by atoms with Crippen LogP contribution in [0.1, 0.15) is 26.2 Å². The largest absolute Gasteiger partial charge is 0.500 e. The molecule has 0 rings (SSSR count). The quantitative estimate of drug-likeness (QED) is 0.290. The summed E-state index contributed by atoms with van der Waals surface area (Å²) in [5, 5.41) is 0. The normalized spacial score (nSPS) is 12.6. The van der Waals surface area contributed by atoms with E-state index in [4.69, 9.17) is 26.6 Å². The van der Waals surface area contributed by atoms with Gasteiger partial charge in [0.2, 0.25) is 5.91 Å². The van der Waals surface area contributed by atoms with Crippen molar-refractivity contribution in [3.05, 3.63) is 0 Å². The van der Waals surface area contributed by atoms with Crippen LogP contribution in [0.3, 0.4) is 0 Å². The molecule has 0 saturated carbocycles. The molecule has 174 valence electrons. The van der Waals surface area contributed by atoms with Crippen LogP contribution in [0.4, 0.5) is 0 Å². The lowest BCUT2D eigenvalue weighted by Crippen LogP contribution is -2.44. The van der Waals surface area contributed by atoms with E-state index in [1.54, 1.807) is 54.5 Å². The number of carbonyl (C=O) groups is 1. The predicted molar refractivity (Wildman–Crippen MR) is 117 cm³/mol. The topological polar surface area (TPSA) is 78.9 Å². The second-order valence-corrected chi connectivity index (χ2v) is 13.1. The number of hydrogen-bond acceptors (Lipinski definition) is 8. The summed E-state index contributed by atoms with van der Waals surface area (Å²) >= 11 is 0. The van der Waals surface area contributed by atoms with E-state index in [0.29, 0.717) is 0 Å². The molecule has 0 N–H and O–H groups in total. The van der Waals surface area contributed by atoms with Gasteiger partial charge in [-0.05, 0) is 38.9 Å². The van der Waals surface area contributed by atoms with Gasteiger partial charge in [0.05, 0.1) is 0 Å². The Hall–Kier alpha value is -0.376. The first kappa shape index (κ1) is 28.6. The van der Waals surface area contributed by atoms with Crippen molar-refractivity contribution >= 4 is 23.5 Å². The van der Waals surface area contributed by atoms with Gasteiger partial charge in [0.1, 0.15) is 0 Å². The summed E-state index contributed by atoms with van der Waals surface area (Å²) in [7, 11) is 6.54. The summed E-state index contributed by atoms with van der Waals surface area (Å²) in [4.78, 5) is 15.6. The lowest BCUT2D eigenvalue weighted by Gasteiger charge is -2.28. The lowest BCUT2D eigenvalue weighted by molar-refractivity contribution is -0.127. The molecule has 11 heteroatoms. The van der Waals surface area contributed by atoms with Gasteiger partial charge in [0.15, 0.2) is 0 Å². The van der Waals surface area contributed by atoms with Gasteiger partial charge in [-0.15, -0.1) is 0 Å². The minimum absolute atomic E-state index is 0.0867. The summed E-state index contributed by atoms with van der Waals surface area (Å²) < 4.78 is 33.1. The number of carbonyl (C=O) groups excluding carboxylic acids is 1. The minimum Gasteiger partial charge on any atom is -0.377 e. The highest BCUT2D eigenvalue weighted by atomic mass is 28.4. The molecule has 0 saturated heterocycles. The highest BCUT2D eigenvalue weighted by Crippen LogP contribution is 2.18. The third-order valence-corrected chi connectivity index (χ3v) is 10.9. The molecule has 0 atom stereocenters. The first-order valence-electron chi connectivity index (χ1n) is 10.0. The molecule has 0 aromatic carbocycles.